The maximum atomic E-state index is 14.9. The molecule has 0 spiro atoms. The zero-order chi connectivity index (χ0) is 28.6. The molecule has 0 bridgehead atoms. The van der Waals surface area contributed by atoms with E-state index in [0.717, 1.165) is 6.07 Å². The number of benzene rings is 2. The van der Waals surface area contributed by atoms with Gasteiger partial charge in [0.25, 0.3) is 0 Å². The number of hydrogen-bond donors (Lipinski definition) is 2. The lowest BCUT2D eigenvalue weighted by molar-refractivity contribution is -0.140. The van der Waals surface area contributed by atoms with Gasteiger partial charge in [-0.3, -0.25) is 0 Å². The summed E-state index contributed by atoms with van der Waals surface area (Å²) in [4.78, 5) is 25.5. The molecule has 2 atom stereocenters. The number of fused-ring (bicyclic) bond motifs is 1. The molecule has 39 heavy (non-hydrogen) atoms. The predicted octanol–water partition coefficient (Wildman–Crippen LogP) is 4.99. The van der Waals surface area contributed by atoms with Gasteiger partial charge in [-0.15, -0.1) is 0 Å². The normalized spacial score (nSPS) is 17.3. The van der Waals surface area contributed by atoms with E-state index < -0.39 is 29.7 Å². The fourth-order valence-corrected chi connectivity index (χ4v) is 4.64. The lowest BCUT2D eigenvalue weighted by atomic mass is 10.0. The van der Waals surface area contributed by atoms with Crippen LogP contribution in [0.25, 0.3) is 10.9 Å². The van der Waals surface area contributed by atoms with Crippen LogP contribution in [0.1, 0.15) is 36.8 Å². The first-order valence-corrected chi connectivity index (χ1v) is 12.2. The number of hydrogen-bond acceptors (Lipinski definition) is 8. The van der Waals surface area contributed by atoms with Gasteiger partial charge in [0.05, 0.1) is 24.2 Å². The van der Waals surface area contributed by atoms with E-state index >= 15 is 0 Å². The van der Waals surface area contributed by atoms with E-state index in [1.807, 2.05) is 14.0 Å². The fourth-order valence-electron chi connectivity index (χ4n) is 4.64. The van der Waals surface area contributed by atoms with Crippen LogP contribution in [0.4, 0.5) is 33.9 Å². The van der Waals surface area contributed by atoms with Crippen molar-refractivity contribution < 1.29 is 31.8 Å². The number of carbonyl (C=O) groups is 1. The number of piperazine rings is 1. The van der Waals surface area contributed by atoms with E-state index in [4.69, 9.17) is 15.2 Å². The van der Waals surface area contributed by atoms with Crippen molar-refractivity contribution in [2.24, 2.45) is 0 Å². The average Bonchev–Trinajstić information content (AvgIpc) is 2.84. The first kappa shape index (κ1) is 28.1. The van der Waals surface area contributed by atoms with E-state index in [1.54, 1.807) is 17.9 Å². The fraction of sp³-hybridized carbons (Fsp3) is 0.423. The van der Waals surface area contributed by atoms with Gasteiger partial charge in [0.15, 0.2) is 11.5 Å². The summed E-state index contributed by atoms with van der Waals surface area (Å²) in [5, 5.41) is 3.36. The van der Waals surface area contributed by atoms with Crippen molar-refractivity contribution >= 4 is 28.5 Å². The molecule has 2 heterocycles. The van der Waals surface area contributed by atoms with Crippen LogP contribution in [-0.4, -0.2) is 65.7 Å². The van der Waals surface area contributed by atoms with E-state index in [0.29, 0.717) is 42.4 Å². The highest BCUT2D eigenvalue weighted by atomic mass is 19.4. The van der Waals surface area contributed by atoms with Crippen LogP contribution in [0.3, 0.4) is 0 Å². The van der Waals surface area contributed by atoms with Crippen molar-refractivity contribution in [2.45, 2.75) is 39.0 Å². The van der Waals surface area contributed by atoms with Gasteiger partial charge >= 0.3 is 12.3 Å². The Morgan fingerprint density at radius 3 is 2.54 bits per heavy atom. The predicted molar refractivity (Wildman–Crippen MR) is 138 cm³/mol. The number of rotatable bonds is 5. The molecule has 2 aromatic carbocycles. The minimum absolute atomic E-state index is 0.0680. The second kappa shape index (κ2) is 10.7. The summed E-state index contributed by atoms with van der Waals surface area (Å²) in [5.41, 5.74) is 4.12. The Morgan fingerprint density at radius 2 is 1.90 bits per heavy atom. The second-order valence-electron chi connectivity index (χ2n) is 9.65. The summed E-state index contributed by atoms with van der Waals surface area (Å²) in [7, 11) is 3.40. The molecule has 0 radical (unpaired) electrons. The number of anilines is 2. The smallest absolute Gasteiger partial charge is 0.419 e. The third-order valence-electron chi connectivity index (χ3n) is 6.60. The number of methoxy groups -OCH3 is 1. The Balaban J connectivity index is 1.71. The third-order valence-corrected chi connectivity index (χ3v) is 6.60. The Hall–Kier alpha value is -3.87. The largest absolute Gasteiger partial charge is 0.493 e. The molecular formula is C26H30F4N6O3. The van der Waals surface area contributed by atoms with Gasteiger partial charge in [0.1, 0.15) is 17.5 Å². The maximum Gasteiger partial charge on any atom is 0.419 e. The second-order valence-corrected chi connectivity index (χ2v) is 9.65. The molecule has 210 valence electrons. The van der Waals surface area contributed by atoms with E-state index in [1.165, 1.54) is 20.1 Å². The highest BCUT2D eigenvalue weighted by Crippen LogP contribution is 2.38. The molecule has 1 aliphatic rings. The number of carbonyl (C=O) groups excluding carboxylic acids is 1. The molecule has 4 rings (SSSR count). The minimum Gasteiger partial charge on any atom is -0.493 e. The number of ether oxygens (including phenoxy) is 2. The number of amides is 1. The lowest BCUT2D eigenvalue weighted by Crippen LogP contribution is -2.53. The van der Waals surface area contributed by atoms with Crippen LogP contribution < -0.4 is 20.5 Å². The maximum absolute atomic E-state index is 14.9. The van der Waals surface area contributed by atoms with Crippen molar-refractivity contribution in [3.05, 3.63) is 47.0 Å². The quantitative estimate of drug-likeness (QED) is 0.338. The number of aryl methyl sites for hydroxylation is 1. The standard InChI is InChI=1S/C26H30F4N6O3/c1-13-12-35(4)6-7-36(13)25(37)39-22-10-18-20(11-21(22)38-5)33-15(3)34-24(18)32-14(2)17-8-16(31)9-19(23(17)27)26(28,29)30/h8-11,13-14H,6-7,12,31H2,1-5H3,(H,32,33,34)/t13?,14-/m1/s1. The number of nitrogens with one attached hydrogen (secondary N) is 1. The zero-order valence-electron chi connectivity index (χ0n) is 22.2. The Morgan fingerprint density at radius 1 is 1.18 bits per heavy atom. The molecule has 1 amide bonds. The summed E-state index contributed by atoms with van der Waals surface area (Å²) < 4.78 is 66.1. The van der Waals surface area contributed by atoms with Gasteiger partial charge in [-0.2, -0.15) is 13.2 Å². The van der Waals surface area contributed by atoms with Gasteiger partial charge < -0.3 is 30.3 Å². The summed E-state index contributed by atoms with van der Waals surface area (Å²) in [6, 6.07) is 3.75. The SMILES string of the molecule is COc1cc2nc(C)nc(N[C@H](C)c3cc(N)cc(C(F)(F)F)c3F)c2cc1OC(=O)N1CCN(C)CC1C. The molecule has 3 aromatic rings. The van der Waals surface area contributed by atoms with Gasteiger partial charge in [0.2, 0.25) is 0 Å². The molecule has 1 fully saturated rings. The number of halogens is 4. The Labute approximate surface area is 222 Å². The van der Waals surface area contributed by atoms with Crippen LogP contribution >= 0.6 is 0 Å². The molecular weight excluding hydrogens is 520 g/mol. The Bertz CT molecular complexity index is 1400. The van der Waals surface area contributed by atoms with Crippen LogP contribution in [-0.2, 0) is 6.18 Å². The summed E-state index contributed by atoms with van der Waals surface area (Å²) in [6.45, 7) is 6.93. The third kappa shape index (κ3) is 5.92. The minimum atomic E-state index is -4.91. The molecule has 3 N–H and O–H groups in total. The molecule has 1 saturated heterocycles. The van der Waals surface area contributed by atoms with Gasteiger partial charge in [-0.1, -0.05) is 0 Å². The first-order valence-electron chi connectivity index (χ1n) is 12.2. The topological polar surface area (TPSA) is 106 Å². The molecule has 9 nitrogen and oxygen atoms in total. The number of aromatic nitrogens is 2. The average molecular weight is 551 g/mol. The number of nitrogens with zero attached hydrogens (tertiary/aromatic N) is 4. The number of likely N-dealkylation sites (N-methyl/N-ethyl adjacent to an activating group) is 1. The van der Waals surface area contributed by atoms with Gasteiger partial charge in [-0.25, -0.2) is 19.2 Å². The molecule has 1 unspecified atom stereocenters. The number of alkyl halides is 3. The van der Waals surface area contributed by atoms with Crippen molar-refractivity contribution in [1.29, 1.82) is 0 Å². The monoisotopic (exact) mass is 550 g/mol. The summed E-state index contributed by atoms with van der Waals surface area (Å²) in [5.74, 6) is -0.512. The van der Waals surface area contributed by atoms with Gasteiger partial charge in [-0.05, 0) is 46.0 Å². The summed E-state index contributed by atoms with van der Waals surface area (Å²) in [6.07, 6.45) is -5.46. The summed E-state index contributed by atoms with van der Waals surface area (Å²) >= 11 is 0. The van der Waals surface area contributed by atoms with Crippen LogP contribution in [0.15, 0.2) is 24.3 Å². The molecule has 0 saturated carbocycles. The van der Waals surface area contributed by atoms with Crippen molar-refractivity contribution in [1.82, 2.24) is 19.8 Å². The first-order chi connectivity index (χ1) is 18.3. The molecule has 1 aromatic heterocycles. The van der Waals surface area contributed by atoms with Crippen LogP contribution in [0.5, 0.6) is 11.5 Å². The molecule has 13 heteroatoms. The Kier molecular flexibility index (Phi) is 7.73. The zero-order valence-corrected chi connectivity index (χ0v) is 22.2. The molecule has 0 aliphatic carbocycles. The van der Waals surface area contributed by atoms with Crippen molar-refractivity contribution in [3.8, 4) is 11.5 Å². The van der Waals surface area contributed by atoms with E-state index in [-0.39, 0.29) is 34.6 Å². The highest BCUT2D eigenvalue weighted by Gasteiger charge is 2.36. The van der Waals surface area contributed by atoms with Gasteiger partial charge in [0, 0.05) is 48.4 Å². The van der Waals surface area contributed by atoms with Crippen LogP contribution in [0.2, 0.25) is 0 Å². The highest BCUT2D eigenvalue weighted by molar-refractivity contribution is 5.92. The van der Waals surface area contributed by atoms with E-state index in [2.05, 4.69) is 20.2 Å². The van der Waals surface area contributed by atoms with Crippen molar-refractivity contribution in [3.63, 3.8) is 0 Å². The molecule has 1 aliphatic heterocycles. The van der Waals surface area contributed by atoms with Crippen molar-refractivity contribution in [2.75, 3.05) is 44.8 Å². The number of nitrogens with two attached hydrogens (primary N) is 1. The lowest BCUT2D eigenvalue weighted by Gasteiger charge is -2.37. The number of nitrogen functional groups attached to an aromatic ring is 1. The van der Waals surface area contributed by atoms with E-state index in [9.17, 15) is 22.4 Å². The van der Waals surface area contributed by atoms with Crippen LogP contribution in [0, 0.1) is 12.7 Å².